The van der Waals surface area contributed by atoms with Gasteiger partial charge in [-0.3, -0.25) is 0 Å². The Morgan fingerprint density at radius 3 is 3.06 bits per heavy atom. The maximum absolute atomic E-state index is 4.94. The van der Waals surface area contributed by atoms with Gasteiger partial charge in [-0.15, -0.1) is 0 Å². The van der Waals surface area contributed by atoms with Crippen molar-refractivity contribution >= 4 is 16.7 Å². The van der Waals surface area contributed by atoms with Gasteiger partial charge in [0.1, 0.15) is 11.5 Å². The molecule has 0 aliphatic carbocycles. The normalized spacial score (nSPS) is 10.5. The minimum Gasteiger partial charge on any atom is -0.383 e. The molecule has 0 amide bonds. The fraction of sp³-hybridized carbons (Fsp3) is 0.400. The van der Waals surface area contributed by atoms with Crippen LogP contribution in [0.5, 0.6) is 0 Å². The Morgan fingerprint density at radius 1 is 1.41 bits per heavy atom. The zero-order chi connectivity index (χ0) is 12.1. The lowest BCUT2D eigenvalue weighted by Crippen LogP contribution is -2.07. The Bertz CT molecular complexity index is 487. The molecular formula is C10H13N5OS. The van der Waals surface area contributed by atoms with Crippen LogP contribution in [0, 0.1) is 6.92 Å². The molecule has 0 radical (unpaired) electrons. The summed E-state index contributed by atoms with van der Waals surface area (Å²) in [6.07, 6.45) is 1.71. The minimum atomic E-state index is 0.625. The van der Waals surface area contributed by atoms with E-state index in [0.29, 0.717) is 24.8 Å². The average molecular weight is 251 g/mol. The summed E-state index contributed by atoms with van der Waals surface area (Å²) in [6, 6.07) is 1.80. The average Bonchev–Trinajstić information content (AvgIpc) is 2.78. The van der Waals surface area contributed by atoms with E-state index >= 15 is 0 Å². The molecule has 6 nitrogen and oxygen atoms in total. The zero-order valence-corrected chi connectivity index (χ0v) is 10.5. The van der Waals surface area contributed by atoms with Crippen molar-refractivity contribution < 1.29 is 4.74 Å². The van der Waals surface area contributed by atoms with Crippen molar-refractivity contribution in [2.24, 2.45) is 0 Å². The van der Waals surface area contributed by atoms with E-state index in [1.54, 1.807) is 19.4 Å². The highest BCUT2D eigenvalue weighted by Crippen LogP contribution is 2.18. The largest absolute Gasteiger partial charge is 0.383 e. The molecule has 1 N–H and O–H groups in total. The lowest BCUT2D eigenvalue weighted by atomic mass is 10.4. The van der Waals surface area contributed by atoms with Crippen LogP contribution in [-0.4, -0.2) is 39.6 Å². The molecule has 0 saturated carbocycles. The standard InChI is InChI=1S/C10H13N5OS/c1-7-11-4-3-8(13-7)9-14-10(17-15-9)12-5-6-16-2/h3-4H,5-6H2,1-2H3,(H,12,14,15). The van der Waals surface area contributed by atoms with Crippen LogP contribution in [-0.2, 0) is 4.74 Å². The number of hydrogen-bond acceptors (Lipinski definition) is 7. The van der Waals surface area contributed by atoms with Crippen molar-refractivity contribution in [3.05, 3.63) is 18.1 Å². The summed E-state index contributed by atoms with van der Waals surface area (Å²) in [4.78, 5) is 12.7. The number of hydrogen-bond donors (Lipinski definition) is 1. The molecule has 0 unspecified atom stereocenters. The molecule has 7 heteroatoms. The number of rotatable bonds is 5. The molecule has 0 aliphatic rings. The smallest absolute Gasteiger partial charge is 0.203 e. The van der Waals surface area contributed by atoms with Crippen LogP contribution in [0.15, 0.2) is 12.3 Å². The molecular weight excluding hydrogens is 238 g/mol. The van der Waals surface area contributed by atoms with Gasteiger partial charge in [0.15, 0.2) is 5.82 Å². The molecule has 0 atom stereocenters. The third-order valence-electron chi connectivity index (χ3n) is 2.01. The summed E-state index contributed by atoms with van der Waals surface area (Å²) in [6.45, 7) is 3.20. The van der Waals surface area contributed by atoms with Gasteiger partial charge < -0.3 is 10.1 Å². The lowest BCUT2D eigenvalue weighted by molar-refractivity contribution is 0.211. The molecule has 0 spiro atoms. The second kappa shape index (κ2) is 5.65. The highest BCUT2D eigenvalue weighted by atomic mass is 32.1. The Morgan fingerprint density at radius 2 is 2.29 bits per heavy atom. The van der Waals surface area contributed by atoms with Crippen LogP contribution in [0.3, 0.4) is 0 Å². The number of aromatic nitrogens is 4. The summed E-state index contributed by atoms with van der Waals surface area (Å²) in [5.74, 6) is 1.34. The first kappa shape index (κ1) is 11.9. The maximum Gasteiger partial charge on any atom is 0.203 e. The predicted octanol–water partition coefficient (Wildman–Crippen LogP) is 1.36. The number of nitrogens with zero attached hydrogens (tertiary/aromatic N) is 4. The molecule has 2 aromatic heterocycles. The second-order valence-electron chi connectivity index (χ2n) is 3.33. The molecule has 0 fully saturated rings. The maximum atomic E-state index is 4.94. The molecule has 2 rings (SSSR count). The number of aryl methyl sites for hydroxylation is 1. The molecule has 0 saturated heterocycles. The summed E-state index contributed by atoms with van der Waals surface area (Å²) in [7, 11) is 1.66. The number of anilines is 1. The fourth-order valence-electron chi connectivity index (χ4n) is 1.24. The highest BCUT2D eigenvalue weighted by molar-refractivity contribution is 7.09. The molecule has 2 aromatic rings. The quantitative estimate of drug-likeness (QED) is 0.809. The molecule has 17 heavy (non-hydrogen) atoms. The Kier molecular flexibility index (Phi) is 3.94. The van der Waals surface area contributed by atoms with Crippen molar-refractivity contribution in [3.63, 3.8) is 0 Å². The van der Waals surface area contributed by atoms with E-state index in [1.807, 2.05) is 6.92 Å². The van der Waals surface area contributed by atoms with Crippen LogP contribution in [0.2, 0.25) is 0 Å². The van der Waals surface area contributed by atoms with E-state index < -0.39 is 0 Å². The first-order valence-electron chi connectivity index (χ1n) is 5.16. The Labute approximate surface area is 103 Å². The summed E-state index contributed by atoms with van der Waals surface area (Å²) >= 11 is 1.31. The number of ether oxygens (including phenoxy) is 1. The zero-order valence-electron chi connectivity index (χ0n) is 9.67. The van der Waals surface area contributed by atoms with Gasteiger partial charge in [-0.1, -0.05) is 0 Å². The van der Waals surface area contributed by atoms with Gasteiger partial charge in [0, 0.05) is 31.4 Å². The first-order chi connectivity index (χ1) is 8.29. The van der Waals surface area contributed by atoms with Gasteiger partial charge >= 0.3 is 0 Å². The van der Waals surface area contributed by atoms with Crippen LogP contribution >= 0.6 is 11.5 Å². The van der Waals surface area contributed by atoms with Crippen molar-refractivity contribution in [1.82, 2.24) is 19.3 Å². The van der Waals surface area contributed by atoms with Crippen LogP contribution in [0.1, 0.15) is 5.82 Å². The first-order valence-corrected chi connectivity index (χ1v) is 5.93. The number of methoxy groups -OCH3 is 1. The van der Waals surface area contributed by atoms with Gasteiger partial charge in [-0.2, -0.15) is 9.36 Å². The van der Waals surface area contributed by atoms with Gasteiger partial charge in [0.05, 0.1) is 6.61 Å². The molecule has 0 aromatic carbocycles. The van der Waals surface area contributed by atoms with Gasteiger partial charge in [0.25, 0.3) is 0 Å². The van der Waals surface area contributed by atoms with E-state index in [2.05, 4.69) is 24.6 Å². The third kappa shape index (κ3) is 3.18. The van der Waals surface area contributed by atoms with E-state index in [4.69, 9.17) is 4.74 Å². The van der Waals surface area contributed by atoms with Crippen molar-refractivity contribution in [3.8, 4) is 11.5 Å². The molecule has 0 bridgehead atoms. The second-order valence-corrected chi connectivity index (χ2v) is 4.08. The molecule has 0 aliphatic heterocycles. The monoisotopic (exact) mass is 251 g/mol. The minimum absolute atomic E-state index is 0.625. The Hall–Kier alpha value is -1.60. The third-order valence-corrected chi connectivity index (χ3v) is 2.69. The number of nitrogens with one attached hydrogen (secondary N) is 1. The van der Waals surface area contributed by atoms with E-state index in [1.165, 1.54) is 11.5 Å². The summed E-state index contributed by atoms with van der Waals surface area (Å²) < 4.78 is 9.19. The van der Waals surface area contributed by atoms with E-state index in [9.17, 15) is 0 Å². The van der Waals surface area contributed by atoms with Crippen LogP contribution in [0.4, 0.5) is 5.13 Å². The predicted molar refractivity (Wildman–Crippen MR) is 66.0 cm³/mol. The van der Waals surface area contributed by atoms with E-state index in [0.717, 1.165) is 10.8 Å². The summed E-state index contributed by atoms with van der Waals surface area (Å²) in [5, 5.41) is 3.90. The van der Waals surface area contributed by atoms with Crippen LogP contribution < -0.4 is 5.32 Å². The highest BCUT2D eigenvalue weighted by Gasteiger charge is 2.07. The fourth-order valence-corrected chi connectivity index (χ4v) is 1.84. The van der Waals surface area contributed by atoms with Crippen molar-refractivity contribution in [1.29, 1.82) is 0 Å². The van der Waals surface area contributed by atoms with Crippen molar-refractivity contribution in [2.45, 2.75) is 6.92 Å². The van der Waals surface area contributed by atoms with Gasteiger partial charge in [-0.05, 0) is 13.0 Å². The lowest BCUT2D eigenvalue weighted by Gasteiger charge is -1.99. The Balaban J connectivity index is 2.07. The van der Waals surface area contributed by atoms with Crippen LogP contribution in [0.25, 0.3) is 11.5 Å². The topological polar surface area (TPSA) is 72.8 Å². The van der Waals surface area contributed by atoms with Gasteiger partial charge in [0.2, 0.25) is 5.13 Å². The van der Waals surface area contributed by atoms with E-state index in [-0.39, 0.29) is 0 Å². The molecule has 2 heterocycles. The van der Waals surface area contributed by atoms with Crippen molar-refractivity contribution in [2.75, 3.05) is 25.6 Å². The SMILES string of the molecule is COCCNc1nc(-c2ccnc(C)n2)ns1. The summed E-state index contributed by atoms with van der Waals surface area (Å²) in [5.41, 5.74) is 0.744. The molecule has 90 valence electrons. The van der Waals surface area contributed by atoms with Gasteiger partial charge in [-0.25, -0.2) is 9.97 Å².